The molecule has 0 aromatic heterocycles. The van der Waals surface area contributed by atoms with Crippen LogP contribution in [0.15, 0.2) is 42.5 Å². The number of hydrogen-bond donors (Lipinski definition) is 2. The van der Waals surface area contributed by atoms with Crippen LogP contribution in [0.5, 0.6) is 0 Å². The molecule has 2 N–H and O–H groups in total. The zero-order valence-electron chi connectivity index (χ0n) is 8.59. The lowest BCUT2D eigenvalue weighted by molar-refractivity contribution is 0.173. The van der Waals surface area contributed by atoms with Crippen LogP contribution in [0.4, 0.5) is 0 Å². The SMILES string of the molecule is OC1c2c[c]ccc2C(O)c2ccccc21. The van der Waals surface area contributed by atoms with Gasteiger partial charge in [0, 0.05) is 0 Å². The zero-order valence-corrected chi connectivity index (χ0v) is 8.59. The molecule has 1 aliphatic rings. The summed E-state index contributed by atoms with van der Waals surface area (Å²) >= 11 is 0. The summed E-state index contributed by atoms with van der Waals surface area (Å²) in [5.41, 5.74) is 3.08. The van der Waals surface area contributed by atoms with Crippen molar-refractivity contribution < 1.29 is 10.2 Å². The molecule has 0 spiro atoms. The third-order valence-electron chi connectivity index (χ3n) is 3.11. The van der Waals surface area contributed by atoms with Gasteiger partial charge in [-0.3, -0.25) is 0 Å². The van der Waals surface area contributed by atoms with Crippen LogP contribution < -0.4 is 0 Å². The summed E-state index contributed by atoms with van der Waals surface area (Å²) < 4.78 is 0. The van der Waals surface area contributed by atoms with Crippen molar-refractivity contribution >= 4 is 0 Å². The van der Waals surface area contributed by atoms with E-state index >= 15 is 0 Å². The number of fused-ring (bicyclic) bond motifs is 2. The van der Waals surface area contributed by atoms with E-state index in [0.717, 1.165) is 22.3 Å². The Balaban J connectivity index is 2.26. The molecule has 2 aromatic rings. The Morgan fingerprint density at radius 3 is 2.06 bits per heavy atom. The van der Waals surface area contributed by atoms with E-state index in [2.05, 4.69) is 6.07 Å². The minimum atomic E-state index is -0.660. The van der Waals surface area contributed by atoms with Crippen molar-refractivity contribution in [2.45, 2.75) is 12.2 Å². The molecule has 2 aromatic carbocycles. The molecule has 1 aliphatic carbocycles. The minimum Gasteiger partial charge on any atom is -0.384 e. The molecule has 2 heteroatoms. The Morgan fingerprint density at radius 2 is 1.38 bits per heavy atom. The van der Waals surface area contributed by atoms with Crippen LogP contribution in [0, 0.1) is 6.07 Å². The van der Waals surface area contributed by atoms with Gasteiger partial charge < -0.3 is 10.2 Å². The van der Waals surface area contributed by atoms with E-state index in [-0.39, 0.29) is 0 Å². The summed E-state index contributed by atoms with van der Waals surface area (Å²) in [5.74, 6) is 0. The van der Waals surface area contributed by atoms with Gasteiger partial charge in [-0.1, -0.05) is 36.4 Å². The smallest absolute Gasteiger partial charge is 0.105 e. The van der Waals surface area contributed by atoms with Crippen molar-refractivity contribution in [2.75, 3.05) is 0 Å². The second kappa shape index (κ2) is 3.44. The van der Waals surface area contributed by atoms with Gasteiger partial charge in [0.15, 0.2) is 0 Å². The lowest BCUT2D eigenvalue weighted by Crippen LogP contribution is -2.17. The van der Waals surface area contributed by atoms with Crippen LogP contribution in [0.3, 0.4) is 0 Å². The number of hydrogen-bond acceptors (Lipinski definition) is 2. The molecule has 2 unspecified atom stereocenters. The van der Waals surface area contributed by atoms with Crippen LogP contribution in [0.1, 0.15) is 34.5 Å². The van der Waals surface area contributed by atoms with Crippen molar-refractivity contribution in [1.29, 1.82) is 0 Å². The van der Waals surface area contributed by atoms with Crippen LogP contribution >= 0.6 is 0 Å². The molecule has 2 nitrogen and oxygen atoms in total. The molecular formula is C14H11O2. The van der Waals surface area contributed by atoms with E-state index in [4.69, 9.17) is 0 Å². The lowest BCUT2D eigenvalue weighted by Gasteiger charge is -2.28. The van der Waals surface area contributed by atoms with Crippen molar-refractivity contribution in [2.24, 2.45) is 0 Å². The number of aliphatic hydroxyl groups is 2. The van der Waals surface area contributed by atoms with Gasteiger partial charge >= 0.3 is 0 Å². The first-order valence-electron chi connectivity index (χ1n) is 5.24. The number of benzene rings is 2. The third kappa shape index (κ3) is 1.21. The number of rotatable bonds is 0. The first-order valence-corrected chi connectivity index (χ1v) is 5.24. The second-order valence-electron chi connectivity index (χ2n) is 3.99. The van der Waals surface area contributed by atoms with Crippen molar-refractivity contribution in [3.05, 3.63) is 70.8 Å². The standard InChI is InChI=1S/C14H11O2/c15-13-9-5-1-2-6-10(9)14(16)12-8-4-3-7-11(12)13/h1-3,5-8,13-16H. The molecule has 79 valence electrons. The maximum Gasteiger partial charge on any atom is 0.105 e. The monoisotopic (exact) mass is 211 g/mol. The fourth-order valence-corrected chi connectivity index (χ4v) is 2.29. The molecule has 1 radical (unpaired) electrons. The predicted octanol–water partition coefficient (Wildman–Crippen LogP) is 1.96. The Labute approximate surface area is 93.8 Å². The zero-order chi connectivity index (χ0) is 11.1. The van der Waals surface area contributed by atoms with E-state index < -0.39 is 12.2 Å². The fourth-order valence-electron chi connectivity index (χ4n) is 2.29. The summed E-state index contributed by atoms with van der Waals surface area (Å²) in [6, 6.07) is 15.7. The Bertz CT molecular complexity index is 438. The van der Waals surface area contributed by atoms with Gasteiger partial charge in [-0.15, -0.1) is 0 Å². The van der Waals surface area contributed by atoms with Crippen LogP contribution in [0.25, 0.3) is 0 Å². The lowest BCUT2D eigenvalue weighted by atomic mass is 9.82. The highest BCUT2D eigenvalue weighted by atomic mass is 16.3. The molecule has 0 amide bonds. The van der Waals surface area contributed by atoms with Crippen LogP contribution in [-0.4, -0.2) is 10.2 Å². The first-order chi connectivity index (χ1) is 7.79. The topological polar surface area (TPSA) is 40.5 Å². The van der Waals surface area contributed by atoms with Crippen molar-refractivity contribution in [3.63, 3.8) is 0 Å². The van der Waals surface area contributed by atoms with Crippen molar-refractivity contribution in [3.8, 4) is 0 Å². The van der Waals surface area contributed by atoms with E-state index in [1.165, 1.54) is 0 Å². The van der Waals surface area contributed by atoms with E-state index in [1.807, 2.05) is 24.3 Å². The minimum absolute atomic E-state index is 0.649. The highest BCUT2D eigenvalue weighted by Crippen LogP contribution is 2.40. The molecule has 2 atom stereocenters. The van der Waals surface area contributed by atoms with Gasteiger partial charge in [0.05, 0.1) is 0 Å². The van der Waals surface area contributed by atoms with E-state index in [0.29, 0.717) is 0 Å². The van der Waals surface area contributed by atoms with E-state index in [1.54, 1.807) is 18.2 Å². The summed E-state index contributed by atoms with van der Waals surface area (Å²) in [6.07, 6.45) is -1.31. The normalized spacial score (nSPS) is 22.4. The van der Waals surface area contributed by atoms with Crippen LogP contribution in [0.2, 0.25) is 0 Å². The Hall–Kier alpha value is -1.64. The highest BCUT2D eigenvalue weighted by molar-refractivity contribution is 5.49. The quantitative estimate of drug-likeness (QED) is 0.699. The highest BCUT2D eigenvalue weighted by Gasteiger charge is 2.28. The molecular weight excluding hydrogens is 200 g/mol. The number of aliphatic hydroxyl groups excluding tert-OH is 2. The summed E-state index contributed by atoms with van der Waals surface area (Å²) in [5, 5.41) is 20.4. The molecule has 3 rings (SSSR count). The average molecular weight is 211 g/mol. The van der Waals surface area contributed by atoms with Gasteiger partial charge in [-0.05, 0) is 34.4 Å². The molecule has 0 heterocycles. The Kier molecular flexibility index (Phi) is 2.06. The molecule has 0 fully saturated rings. The molecule has 0 saturated heterocycles. The van der Waals surface area contributed by atoms with Gasteiger partial charge in [-0.25, -0.2) is 0 Å². The summed E-state index contributed by atoms with van der Waals surface area (Å²) in [6.45, 7) is 0. The average Bonchev–Trinajstić information content (AvgIpc) is 2.36. The predicted molar refractivity (Wildman–Crippen MR) is 59.8 cm³/mol. The van der Waals surface area contributed by atoms with Gasteiger partial charge in [-0.2, -0.15) is 0 Å². The Morgan fingerprint density at radius 1 is 0.812 bits per heavy atom. The van der Waals surface area contributed by atoms with Crippen LogP contribution in [-0.2, 0) is 0 Å². The third-order valence-corrected chi connectivity index (χ3v) is 3.11. The summed E-state index contributed by atoms with van der Waals surface area (Å²) in [7, 11) is 0. The maximum atomic E-state index is 10.2. The largest absolute Gasteiger partial charge is 0.384 e. The van der Waals surface area contributed by atoms with E-state index in [9.17, 15) is 10.2 Å². The van der Waals surface area contributed by atoms with Gasteiger partial charge in [0.2, 0.25) is 0 Å². The first kappa shape index (κ1) is 9.58. The van der Waals surface area contributed by atoms with Crippen molar-refractivity contribution in [1.82, 2.24) is 0 Å². The maximum absolute atomic E-state index is 10.2. The summed E-state index contributed by atoms with van der Waals surface area (Å²) in [4.78, 5) is 0. The van der Waals surface area contributed by atoms with Gasteiger partial charge in [0.25, 0.3) is 0 Å². The molecule has 0 saturated carbocycles. The second-order valence-corrected chi connectivity index (χ2v) is 3.99. The fraction of sp³-hybridized carbons (Fsp3) is 0.143. The molecule has 16 heavy (non-hydrogen) atoms. The molecule has 0 bridgehead atoms. The van der Waals surface area contributed by atoms with Gasteiger partial charge in [0.1, 0.15) is 12.2 Å². The molecule has 0 aliphatic heterocycles.